The van der Waals surface area contributed by atoms with Crippen molar-refractivity contribution < 1.29 is 9.31 Å². The molecule has 0 saturated heterocycles. The van der Waals surface area contributed by atoms with Crippen molar-refractivity contribution in [3.05, 3.63) is 52.6 Å². The van der Waals surface area contributed by atoms with Gasteiger partial charge in [-0.25, -0.2) is 0 Å². The summed E-state index contributed by atoms with van der Waals surface area (Å²) in [6.45, 7) is 1.20. The number of anilines is 1. The van der Waals surface area contributed by atoms with Crippen LogP contribution >= 0.6 is 0 Å². The molecule has 0 aliphatic heterocycles. The van der Waals surface area contributed by atoms with Crippen molar-refractivity contribution >= 4 is 11.4 Å². The number of para-hydroxylation sites is 1. The Kier molecular flexibility index (Phi) is 4.07. The SMILES string of the molecule is O=[N+]([O-])c1c(F)cccc1NCCCn1cccn1. The minimum absolute atomic E-state index is 0.200. The zero-order chi connectivity index (χ0) is 13.7. The van der Waals surface area contributed by atoms with Gasteiger partial charge in [0.25, 0.3) is 0 Å². The van der Waals surface area contributed by atoms with Crippen LogP contribution < -0.4 is 5.32 Å². The third kappa shape index (κ3) is 3.27. The van der Waals surface area contributed by atoms with Crippen LogP contribution in [0, 0.1) is 15.9 Å². The zero-order valence-corrected chi connectivity index (χ0v) is 10.1. The topological polar surface area (TPSA) is 73.0 Å². The quantitative estimate of drug-likeness (QED) is 0.494. The molecule has 6 nitrogen and oxygen atoms in total. The minimum atomic E-state index is -0.831. The first-order chi connectivity index (χ1) is 9.18. The molecule has 2 rings (SSSR count). The molecule has 7 heteroatoms. The molecule has 0 atom stereocenters. The molecule has 19 heavy (non-hydrogen) atoms. The Morgan fingerprint density at radius 1 is 1.42 bits per heavy atom. The van der Waals surface area contributed by atoms with E-state index in [4.69, 9.17) is 0 Å². The van der Waals surface area contributed by atoms with Gasteiger partial charge < -0.3 is 5.32 Å². The largest absolute Gasteiger partial charge is 0.379 e. The van der Waals surface area contributed by atoms with Gasteiger partial charge in [0.2, 0.25) is 5.82 Å². The monoisotopic (exact) mass is 264 g/mol. The van der Waals surface area contributed by atoms with E-state index >= 15 is 0 Å². The molecule has 1 N–H and O–H groups in total. The summed E-state index contributed by atoms with van der Waals surface area (Å²) in [6.07, 6.45) is 4.25. The molecule has 0 aliphatic rings. The first-order valence-corrected chi connectivity index (χ1v) is 5.82. The van der Waals surface area contributed by atoms with Crippen molar-refractivity contribution in [2.75, 3.05) is 11.9 Å². The van der Waals surface area contributed by atoms with E-state index in [9.17, 15) is 14.5 Å². The lowest BCUT2D eigenvalue weighted by Gasteiger charge is -2.07. The van der Waals surface area contributed by atoms with E-state index in [1.807, 2.05) is 12.3 Å². The number of aromatic nitrogens is 2. The molecule has 0 radical (unpaired) electrons. The highest BCUT2D eigenvalue weighted by molar-refractivity contribution is 5.61. The third-order valence-electron chi connectivity index (χ3n) is 2.61. The van der Waals surface area contributed by atoms with Crippen molar-refractivity contribution in [3.8, 4) is 0 Å². The minimum Gasteiger partial charge on any atom is -0.379 e. The number of rotatable bonds is 6. The van der Waals surface area contributed by atoms with Crippen molar-refractivity contribution in [1.29, 1.82) is 0 Å². The van der Waals surface area contributed by atoms with Crippen LogP contribution in [0.15, 0.2) is 36.7 Å². The van der Waals surface area contributed by atoms with Crippen LogP contribution in [0.5, 0.6) is 0 Å². The van der Waals surface area contributed by atoms with Crippen molar-refractivity contribution in [3.63, 3.8) is 0 Å². The molecule has 1 aromatic heterocycles. The van der Waals surface area contributed by atoms with E-state index in [-0.39, 0.29) is 5.69 Å². The van der Waals surface area contributed by atoms with E-state index < -0.39 is 16.4 Å². The van der Waals surface area contributed by atoms with Gasteiger partial charge in [-0.05, 0) is 24.6 Å². The van der Waals surface area contributed by atoms with Crippen LogP contribution in [0.4, 0.5) is 15.8 Å². The molecular formula is C12H13FN4O2. The van der Waals surface area contributed by atoms with Gasteiger partial charge in [-0.15, -0.1) is 0 Å². The van der Waals surface area contributed by atoms with Crippen molar-refractivity contribution in [2.24, 2.45) is 0 Å². The van der Waals surface area contributed by atoms with E-state index in [0.29, 0.717) is 13.1 Å². The van der Waals surface area contributed by atoms with Gasteiger partial charge in [0, 0.05) is 25.5 Å². The Balaban J connectivity index is 1.92. The summed E-state index contributed by atoms with van der Waals surface area (Å²) in [4.78, 5) is 10.1. The first kappa shape index (κ1) is 13.0. The summed E-state index contributed by atoms with van der Waals surface area (Å²) in [5.74, 6) is -0.831. The normalized spacial score (nSPS) is 10.4. The molecule has 0 fully saturated rings. The van der Waals surface area contributed by atoms with Gasteiger partial charge in [0.15, 0.2) is 0 Å². The predicted molar refractivity (Wildman–Crippen MR) is 68.4 cm³/mol. The lowest BCUT2D eigenvalue weighted by Crippen LogP contribution is -2.09. The molecule has 0 aliphatic carbocycles. The summed E-state index contributed by atoms with van der Waals surface area (Å²) in [5, 5.41) is 17.7. The van der Waals surface area contributed by atoms with Crippen molar-refractivity contribution in [1.82, 2.24) is 9.78 Å². The molecule has 1 aromatic carbocycles. The summed E-state index contributed by atoms with van der Waals surface area (Å²) < 4.78 is 15.1. The summed E-state index contributed by atoms with van der Waals surface area (Å²) in [5.41, 5.74) is -0.313. The predicted octanol–water partition coefficient (Wildman–Crippen LogP) is 2.43. The number of hydrogen-bond acceptors (Lipinski definition) is 4. The van der Waals surface area contributed by atoms with E-state index in [1.165, 1.54) is 12.1 Å². The second kappa shape index (κ2) is 5.94. The molecular weight excluding hydrogens is 251 g/mol. The van der Waals surface area contributed by atoms with E-state index in [2.05, 4.69) is 10.4 Å². The van der Waals surface area contributed by atoms with Gasteiger partial charge in [-0.2, -0.15) is 9.49 Å². The second-order valence-electron chi connectivity index (χ2n) is 3.94. The van der Waals surface area contributed by atoms with Crippen LogP contribution in [-0.4, -0.2) is 21.2 Å². The van der Waals surface area contributed by atoms with Crippen molar-refractivity contribution in [2.45, 2.75) is 13.0 Å². The van der Waals surface area contributed by atoms with E-state index in [1.54, 1.807) is 10.9 Å². The first-order valence-electron chi connectivity index (χ1n) is 5.82. The number of benzene rings is 1. The number of halogens is 1. The fourth-order valence-electron chi connectivity index (χ4n) is 1.74. The summed E-state index contributed by atoms with van der Waals surface area (Å²) in [7, 11) is 0. The maximum Gasteiger partial charge on any atom is 0.327 e. The number of nitro groups is 1. The van der Waals surface area contributed by atoms with Gasteiger partial charge in [-0.3, -0.25) is 14.8 Å². The Morgan fingerprint density at radius 2 is 2.26 bits per heavy atom. The van der Waals surface area contributed by atoms with Crippen LogP contribution in [-0.2, 0) is 6.54 Å². The summed E-state index contributed by atoms with van der Waals surface area (Å²) >= 11 is 0. The van der Waals surface area contributed by atoms with Crippen LogP contribution in [0.3, 0.4) is 0 Å². The Labute approximate surface area is 109 Å². The smallest absolute Gasteiger partial charge is 0.327 e. The van der Waals surface area contributed by atoms with Crippen LogP contribution in [0.25, 0.3) is 0 Å². The standard InChI is InChI=1S/C12H13FN4O2/c13-10-4-1-5-11(12(10)17(18)19)14-6-2-8-16-9-3-7-15-16/h1,3-5,7,9,14H,2,6,8H2. The fourth-order valence-corrected chi connectivity index (χ4v) is 1.74. The molecule has 0 unspecified atom stereocenters. The van der Waals surface area contributed by atoms with E-state index in [0.717, 1.165) is 12.5 Å². The molecule has 0 bridgehead atoms. The van der Waals surface area contributed by atoms with Crippen LogP contribution in [0.2, 0.25) is 0 Å². The fraction of sp³-hybridized carbons (Fsp3) is 0.250. The lowest BCUT2D eigenvalue weighted by molar-refractivity contribution is -0.386. The number of nitrogens with zero attached hydrogens (tertiary/aromatic N) is 3. The average Bonchev–Trinajstić information content (AvgIpc) is 2.87. The number of nitro benzene ring substituents is 1. The second-order valence-corrected chi connectivity index (χ2v) is 3.94. The number of hydrogen-bond donors (Lipinski definition) is 1. The molecule has 0 spiro atoms. The molecule has 1 heterocycles. The van der Waals surface area contributed by atoms with Gasteiger partial charge >= 0.3 is 5.69 Å². The number of nitrogens with one attached hydrogen (secondary N) is 1. The van der Waals surface area contributed by atoms with Gasteiger partial charge in [-0.1, -0.05) is 6.07 Å². The molecule has 0 amide bonds. The Morgan fingerprint density at radius 3 is 2.95 bits per heavy atom. The Hall–Kier alpha value is -2.44. The van der Waals surface area contributed by atoms with Crippen LogP contribution in [0.1, 0.15) is 6.42 Å². The summed E-state index contributed by atoms with van der Waals surface area (Å²) in [6, 6.07) is 5.84. The maximum atomic E-state index is 13.3. The highest BCUT2D eigenvalue weighted by Crippen LogP contribution is 2.26. The zero-order valence-electron chi connectivity index (χ0n) is 10.1. The Bertz CT molecular complexity index is 557. The lowest BCUT2D eigenvalue weighted by atomic mass is 10.2. The third-order valence-corrected chi connectivity index (χ3v) is 2.61. The van der Waals surface area contributed by atoms with Gasteiger partial charge in [0.05, 0.1) is 4.92 Å². The highest BCUT2D eigenvalue weighted by Gasteiger charge is 2.19. The molecule has 0 saturated carbocycles. The van der Waals surface area contributed by atoms with Gasteiger partial charge in [0.1, 0.15) is 5.69 Å². The molecule has 100 valence electrons. The molecule has 2 aromatic rings. The average molecular weight is 264 g/mol. The number of aryl methyl sites for hydroxylation is 1. The maximum absolute atomic E-state index is 13.3. The highest BCUT2D eigenvalue weighted by atomic mass is 19.1.